The van der Waals surface area contributed by atoms with Crippen molar-refractivity contribution in [2.45, 2.75) is 20.3 Å². The molecule has 3 heteroatoms. The highest BCUT2D eigenvalue weighted by Crippen LogP contribution is 2.12. The van der Waals surface area contributed by atoms with Crippen LogP contribution in [0.5, 0.6) is 0 Å². The third kappa shape index (κ3) is 4.55. The minimum Gasteiger partial charge on any atom is -0.499 e. The summed E-state index contributed by atoms with van der Waals surface area (Å²) in [5.74, 6) is 0.750. The average molecular weight is 185 g/mol. The minimum atomic E-state index is -0.0472. The smallest absolute Gasteiger partial charge is 0.225 e. The third-order valence-corrected chi connectivity index (χ3v) is 1.74. The van der Waals surface area contributed by atoms with E-state index in [2.05, 4.69) is 6.58 Å². The maximum Gasteiger partial charge on any atom is 0.225 e. The average Bonchev–Trinajstić information content (AvgIpc) is 2.03. The standard InChI is InChI=1S/C10H19NO2/c1-6-13-9(3)7-8(2)10(12)11(4)5/h8H,3,6-7H2,1-2,4-5H3/t8-/m1/s1. The first kappa shape index (κ1) is 12.0. The maximum atomic E-state index is 11.4. The number of amides is 1. The first-order valence-corrected chi connectivity index (χ1v) is 4.50. The molecule has 0 spiro atoms. The maximum absolute atomic E-state index is 11.4. The first-order chi connectivity index (χ1) is 5.99. The first-order valence-electron chi connectivity index (χ1n) is 4.50. The predicted molar refractivity (Wildman–Crippen MR) is 53.2 cm³/mol. The fraction of sp³-hybridized carbons (Fsp3) is 0.700. The number of ether oxygens (including phenoxy) is 1. The Kier molecular flexibility index (Phi) is 5.19. The molecular formula is C10H19NO2. The van der Waals surface area contributed by atoms with Crippen molar-refractivity contribution in [3.63, 3.8) is 0 Å². The van der Waals surface area contributed by atoms with Gasteiger partial charge in [-0.1, -0.05) is 13.5 Å². The van der Waals surface area contributed by atoms with E-state index in [0.717, 1.165) is 0 Å². The van der Waals surface area contributed by atoms with Crippen LogP contribution in [0, 0.1) is 5.92 Å². The van der Waals surface area contributed by atoms with E-state index in [1.165, 1.54) is 0 Å². The van der Waals surface area contributed by atoms with E-state index >= 15 is 0 Å². The summed E-state index contributed by atoms with van der Waals surface area (Å²) in [7, 11) is 3.50. The van der Waals surface area contributed by atoms with Gasteiger partial charge >= 0.3 is 0 Å². The molecule has 1 atom stereocenters. The molecule has 76 valence electrons. The van der Waals surface area contributed by atoms with Crippen LogP contribution in [0.1, 0.15) is 20.3 Å². The molecule has 0 aromatic carbocycles. The van der Waals surface area contributed by atoms with Gasteiger partial charge in [0.15, 0.2) is 0 Å². The molecule has 0 unspecified atom stereocenters. The highest BCUT2D eigenvalue weighted by atomic mass is 16.5. The van der Waals surface area contributed by atoms with Crippen molar-refractivity contribution in [1.29, 1.82) is 0 Å². The van der Waals surface area contributed by atoms with Crippen LogP contribution in [0.15, 0.2) is 12.3 Å². The second kappa shape index (κ2) is 5.62. The zero-order valence-corrected chi connectivity index (χ0v) is 8.96. The van der Waals surface area contributed by atoms with Crippen molar-refractivity contribution in [3.05, 3.63) is 12.3 Å². The largest absolute Gasteiger partial charge is 0.499 e. The highest BCUT2D eigenvalue weighted by molar-refractivity contribution is 5.78. The van der Waals surface area contributed by atoms with E-state index in [9.17, 15) is 4.79 Å². The molecule has 13 heavy (non-hydrogen) atoms. The second-order valence-electron chi connectivity index (χ2n) is 3.31. The number of hydrogen-bond acceptors (Lipinski definition) is 2. The molecule has 0 bridgehead atoms. The highest BCUT2D eigenvalue weighted by Gasteiger charge is 2.15. The van der Waals surface area contributed by atoms with Crippen LogP contribution in [0.3, 0.4) is 0 Å². The van der Waals surface area contributed by atoms with Crippen LogP contribution >= 0.6 is 0 Å². The Morgan fingerprint density at radius 2 is 2.08 bits per heavy atom. The number of allylic oxidation sites excluding steroid dienone is 1. The molecule has 0 aliphatic carbocycles. The molecule has 0 saturated carbocycles. The van der Waals surface area contributed by atoms with Crippen molar-refractivity contribution in [2.75, 3.05) is 20.7 Å². The number of nitrogens with zero attached hydrogens (tertiary/aromatic N) is 1. The summed E-state index contributed by atoms with van der Waals surface area (Å²) in [5, 5.41) is 0. The van der Waals surface area contributed by atoms with E-state index < -0.39 is 0 Å². The molecule has 0 radical (unpaired) electrons. The van der Waals surface area contributed by atoms with Crippen molar-refractivity contribution >= 4 is 5.91 Å². The molecule has 0 N–H and O–H groups in total. The van der Waals surface area contributed by atoms with E-state index in [-0.39, 0.29) is 11.8 Å². The SMILES string of the molecule is C=C(C[C@@H](C)C(=O)N(C)C)OCC. The number of carbonyl (C=O) groups excluding carboxylic acids is 1. The third-order valence-electron chi connectivity index (χ3n) is 1.74. The van der Waals surface area contributed by atoms with Gasteiger partial charge in [0.25, 0.3) is 0 Å². The van der Waals surface area contributed by atoms with Crippen LogP contribution in [0.2, 0.25) is 0 Å². The summed E-state index contributed by atoms with van der Waals surface area (Å²) in [6, 6.07) is 0. The molecule has 0 fully saturated rings. The number of carbonyl (C=O) groups is 1. The number of rotatable bonds is 5. The van der Waals surface area contributed by atoms with Crippen molar-refractivity contribution < 1.29 is 9.53 Å². The zero-order chi connectivity index (χ0) is 10.4. The quantitative estimate of drug-likeness (QED) is 0.609. The molecule has 0 aromatic rings. The molecular weight excluding hydrogens is 166 g/mol. The van der Waals surface area contributed by atoms with Gasteiger partial charge in [-0.25, -0.2) is 0 Å². The Morgan fingerprint density at radius 3 is 2.46 bits per heavy atom. The molecule has 0 aromatic heterocycles. The molecule has 0 aliphatic rings. The lowest BCUT2D eigenvalue weighted by atomic mass is 10.1. The van der Waals surface area contributed by atoms with Crippen molar-refractivity contribution in [2.24, 2.45) is 5.92 Å². The van der Waals surface area contributed by atoms with Gasteiger partial charge in [-0.05, 0) is 6.92 Å². The summed E-state index contributed by atoms with van der Waals surface area (Å²) in [4.78, 5) is 13.0. The Balaban J connectivity index is 3.92. The van der Waals surface area contributed by atoms with E-state index in [0.29, 0.717) is 18.8 Å². The summed E-state index contributed by atoms with van der Waals surface area (Å²) in [5.41, 5.74) is 0. The Morgan fingerprint density at radius 1 is 1.54 bits per heavy atom. The Bertz CT molecular complexity index is 187. The summed E-state index contributed by atoms with van der Waals surface area (Å²) in [6.45, 7) is 8.13. The molecule has 0 saturated heterocycles. The van der Waals surface area contributed by atoms with Gasteiger partial charge in [-0.2, -0.15) is 0 Å². The molecule has 0 heterocycles. The second-order valence-corrected chi connectivity index (χ2v) is 3.31. The van der Waals surface area contributed by atoms with E-state index in [1.807, 2.05) is 13.8 Å². The van der Waals surface area contributed by atoms with Crippen molar-refractivity contribution in [3.8, 4) is 0 Å². The van der Waals surface area contributed by atoms with Crippen molar-refractivity contribution in [1.82, 2.24) is 4.90 Å². The molecule has 1 amide bonds. The van der Waals surface area contributed by atoms with Gasteiger partial charge in [-0.15, -0.1) is 0 Å². The summed E-state index contributed by atoms with van der Waals surface area (Å²) < 4.78 is 5.18. The van der Waals surface area contributed by atoms with Gasteiger partial charge in [0.1, 0.15) is 0 Å². The minimum absolute atomic E-state index is 0.0472. The van der Waals surface area contributed by atoms with Gasteiger partial charge in [0, 0.05) is 26.4 Å². The lowest BCUT2D eigenvalue weighted by Crippen LogP contribution is -2.28. The van der Waals surface area contributed by atoms with Gasteiger partial charge in [0.05, 0.1) is 12.4 Å². The van der Waals surface area contributed by atoms with Gasteiger partial charge < -0.3 is 9.64 Å². The van der Waals surface area contributed by atoms with Crippen LogP contribution in [0.25, 0.3) is 0 Å². The fourth-order valence-electron chi connectivity index (χ4n) is 1.13. The fourth-order valence-corrected chi connectivity index (χ4v) is 1.13. The Labute approximate surface area is 80.4 Å². The van der Waals surface area contributed by atoms with Crippen LogP contribution in [0.4, 0.5) is 0 Å². The zero-order valence-electron chi connectivity index (χ0n) is 8.96. The van der Waals surface area contributed by atoms with Crippen LogP contribution in [-0.2, 0) is 9.53 Å². The molecule has 0 aliphatic heterocycles. The van der Waals surface area contributed by atoms with Crippen LogP contribution < -0.4 is 0 Å². The number of hydrogen-bond donors (Lipinski definition) is 0. The monoisotopic (exact) mass is 185 g/mol. The van der Waals surface area contributed by atoms with Gasteiger partial charge in [0.2, 0.25) is 5.91 Å². The summed E-state index contributed by atoms with van der Waals surface area (Å²) >= 11 is 0. The topological polar surface area (TPSA) is 29.5 Å². The summed E-state index contributed by atoms with van der Waals surface area (Å²) in [6.07, 6.45) is 0.602. The van der Waals surface area contributed by atoms with E-state index in [4.69, 9.17) is 4.74 Å². The van der Waals surface area contributed by atoms with Crippen LogP contribution in [-0.4, -0.2) is 31.5 Å². The molecule has 0 rings (SSSR count). The normalized spacial score (nSPS) is 12.0. The lowest BCUT2D eigenvalue weighted by molar-refractivity contribution is -0.132. The Hall–Kier alpha value is -0.990. The molecule has 3 nitrogen and oxygen atoms in total. The lowest BCUT2D eigenvalue weighted by Gasteiger charge is -2.17. The van der Waals surface area contributed by atoms with E-state index in [1.54, 1.807) is 19.0 Å². The predicted octanol–water partition coefficient (Wildman–Crippen LogP) is 1.65. The van der Waals surface area contributed by atoms with Gasteiger partial charge in [-0.3, -0.25) is 4.79 Å².